The maximum absolute atomic E-state index is 13.7. The minimum absolute atomic E-state index is 0.00750. The Hall–Kier alpha value is -1.99. The van der Waals surface area contributed by atoms with Crippen LogP contribution in [0.3, 0.4) is 0 Å². The molecular weight excluding hydrogens is 300 g/mol. The Morgan fingerprint density at radius 1 is 1.10 bits per heavy atom. The third kappa shape index (κ3) is 3.37. The lowest BCUT2D eigenvalue weighted by Gasteiger charge is -2.10. The highest BCUT2D eigenvalue weighted by Crippen LogP contribution is 2.21. The molecule has 112 valence electrons. The Morgan fingerprint density at radius 2 is 1.81 bits per heavy atom. The fourth-order valence-corrected chi connectivity index (χ4v) is 2.90. The Kier molecular flexibility index (Phi) is 4.24. The maximum Gasteiger partial charge on any atom is 0.264 e. The summed E-state index contributed by atoms with van der Waals surface area (Å²) < 4.78 is 53.5. The highest BCUT2D eigenvalue weighted by Gasteiger charge is 2.20. The first-order valence-electron chi connectivity index (χ1n) is 6.02. The number of rotatable bonds is 4. The number of sulfonamides is 1. The molecular formula is C14H13F2NO3S. The Labute approximate surface area is 121 Å². The second-order valence-electron chi connectivity index (χ2n) is 4.49. The smallest absolute Gasteiger partial charge is 0.264 e. The lowest BCUT2D eigenvalue weighted by molar-refractivity contribution is 0.281. The zero-order valence-electron chi connectivity index (χ0n) is 11.1. The van der Waals surface area contributed by atoms with E-state index in [1.165, 1.54) is 25.1 Å². The molecule has 2 aromatic carbocycles. The first-order chi connectivity index (χ1) is 9.83. The lowest BCUT2D eigenvalue weighted by Crippen LogP contribution is -2.15. The second-order valence-corrected chi connectivity index (χ2v) is 6.14. The highest BCUT2D eigenvalue weighted by molar-refractivity contribution is 7.92. The second kappa shape index (κ2) is 5.79. The fourth-order valence-electron chi connectivity index (χ4n) is 1.72. The summed E-state index contributed by atoms with van der Waals surface area (Å²) >= 11 is 0. The van der Waals surface area contributed by atoms with Crippen molar-refractivity contribution < 1.29 is 22.3 Å². The molecule has 0 fully saturated rings. The third-order valence-electron chi connectivity index (χ3n) is 2.89. The number of nitrogens with one attached hydrogen (secondary N) is 1. The van der Waals surface area contributed by atoms with Crippen molar-refractivity contribution in [2.75, 3.05) is 4.72 Å². The molecule has 0 unspecified atom stereocenters. The summed E-state index contributed by atoms with van der Waals surface area (Å²) in [5, 5.41) is 8.99. The van der Waals surface area contributed by atoms with E-state index in [2.05, 4.69) is 4.72 Å². The van der Waals surface area contributed by atoms with E-state index < -0.39 is 33.2 Å². The van der Waals surface area contributed by atoms with Crippen LogP contribution in [0.25, 0.3) is 0 Å². The molecule has 2 rings (SSSR count). The summed E-state index contributed by atoms with van der Waals surface area (Å²) in [4.78, 5) is -0.602. The summed E-state index contributed by atoms with van der Waals surface area (Å²) in [6, 6.07) is 7.07. The van der Waals surface area contributed by atoms with Crippen molar-refractivity contribution >= 4 is 15.7 Å². The van der Waals surface area contributed by atoms with Gasteiger partial charge >= 0.3 is 0 Å². The number of aryl methyl sites for hydroxylation is 1. The highest BCUT2D eigenvalue weighted by atomic mass is 32.2. The molecule has 0 aliphatic heterocycles. The zero-order valence-corrected chi connectivity index (χ0v) is 11.9. The molecule has 2 aromatic rings. The number of halogens is 2. The van der Waals surface area contributed by atoms with Gasteiger partial charge in [-0.05, 0) is 42.3 Å². The van der Waals surface area contributed by atoms with Gasteiger partial charge in [0.2, 0.25) is 0 Å². The van der Waals surface area contributed by atoms with Gasteiger partial charge in [0.25, 0.3) is 10.0 Å². The first-order valence-corrected chi connectivity index (χ1v) is 7.50. The van der Waals surface area contributed by atoms with Gasteiger partial charge in [-0.1, -0.05) is 12.1 Å². The van der Waals surface area contributed by atoms with Crippen molar-refractivity contribution in [3.8, 4) is 0 Å². The summed E-state index contributed by atoms with van der Waals surface area (Å²) in [6.07, 6.45) is 0. The van der Waals surface area contributed by atoms with Gasteiger partial charge in [-0.15, -0.1) is 0 Å². The van der Waals surface area contributed by atoms with E-state index >= 15 is 0 Å². The molecule has 0 aliphatic rings. The van der Waals surface area contributed by atoms with Crippen LogP contribution in [-0.4, -0.2) is 13.5 Å². The zero-order chi connectivity index (χ0) is 15.6. The van der Waals surface area contributed by atoms with E-state index in [0.717, 1.165) is 18.2 Å². The number of aliphatic hydroxyl groups is 1. The van der Waals surface area contributed by atoms with Crippen LogP contribution < -0.4 is 4.72 Å². The molecule has 0 atom stereocenters. The van der Waals surface area contributed by atoms with Gasteiger partial charge in [0.15, 0.2) is 0 Å². The molecule has 0 saturated heterocycles. The molecule has 0 radical (unpaired) electrons. The van der Waals surface area contributed by atoms with Crippen molar-refractivity contribution in [1.82, 2.24) is 0 Å². The molecule has 7 heteroatoms. The van der Waals surface area contributed by atoms with Gasteiger partial charge in [0, 0.05) is 0 Å². The first kappa shape index (κ1) is 15.4. The largest absolute Gasteiger partial charge is 0.392 e. The average Bonchev–Trinajstić information content (AvgIpc) is 2.43. The number of hydrogen-bond donors (Lipinski definition) is 2. The average molecular weight is 313 g/mol. The van der Waals surface area contributed by atoms with E-state index in [4.69, 9.17) is 5.11 Å². The van der Waals surface area contributed by atoms with Crippen molar-refractivity contribution in [3.05, 3.63) is 59.2 Å². The summed E-state index contributed by atoms with van der Waals surface area (Å²) in [5.41, 5.74) is 0.616. The monoisotopic (exact) mass is 313 g/mol. The number of hydrogen-bond acceptors (Lipinski definition) is 3. The summed E-state index contributed by atoms with van der Waals surface area (Å²) in [5.74, 6) is -1.52. The van der Waals surface area contributed by atoms with Gasteiger partial charge in [0.1, 0.15) is 16.5 Å². The number of aliphatic hydroxyl groups excluding tert-OH is 1. The van der Waals surface area contributed by atoms with Crippen molar-refractivity contribution in [3.63, 3.8) is 0 Å². The molecule has 0 aromatic heterocycles. The third-order valence-corrected chi connectivity index (χ3v) is 4.29. The van der Waals surface area contributed by atoms with Crippen LogP contribution >= 0.6 is 0 Å². The minimum atomic E-state index is -4.21. The SMILES string of the molecule is Cc1ccc(NS(=O)(=O)c2cc(CO)ccc2F)cc1F. The van der Waals surface area contributed by atoms with E-state index in [0.29, 0.717) is 5.56 Å². The van der Waals surface area contributed by atoms with Crippen molar-refractivity contribution in [2.45, 2.75) is 18.4 Å². The van der Waals surface area contributed by atoms with Crippen LogP contribution in [0.1, 0.15) is 11.1 Å². The predicted octanol–water partition coefficient (Wildman–Crippen LogP) is 2.57. The molecule has 0 saturated carbocycles. The van der Waals surface area contributed by atoms with E-state index in [9.17, 15) is 17.2 Å². The van der Waals surface area contributed by atoms with Crippen LogP contribution in [0.15, 0.2) is 41.3 Å². The van der Waals surface area contributed by atoms with Crippen LogP contribution in [0.4, 0.5) is 14.5 Å². The van der Waals surface area contributed by atoms with Gasteiger partial charge in [0.05, 0.1) is 12.3 Å². The van der Waals surface area contributed by atoms with Gasteiger partial charge < -0.3 is 5.11 Å². The summed E-state index contributed by atoms with van der Waals surface area (Å²) in [6.45, 7) is 1.12. The van der Waals surface area contributed by atoms with Gasteiger partial charge in [-0.3, -0.25) is 4.72 Å². The van der Waals surface area contributed by atoms with Crippen LogP contribution in [0.2, 0.25) is 0 Å². The normalized spacial score (nSPS) is 11.4. The van der Waals surface area contributed by atoms with E-state index in [-0.39, 0.29) is 11.3 Å². The summed E-state index contributed by atoms with van der Waals surface area (Å²) in [7, 11) is -4.21. The molecule has 21 heavy (non-hydrogen) atoms. The van der Waals surface area contributed by atoms with Crippen LogP contribution in [-0.2, 0) is 16.6 Å². The van der Waals surface area contributed by atoms with Gasteiger partial charge in [-0.25, -0.2) is 17.2 Å². The standard InChI is InChI=1S/C14H13F2NO3S/c1-9-2-4-11(7-13(9)16)17-21(19,20)14-6-10(8-18)3-5-12(14)15/h2-7,17-18H,8H2,1H3. The van der Waals surface area contributed by atoms with Crippen LogP contribution in [0.5, 0.6) is 0 Å². The molecule has 0 bridgehead atoms. The van der Waals surface area contributed by atoms with Crippen molar-refractivity contribution in [2.24, 2.45) is 0 Å². The number of benzene rings is 2. The molecule has 4 nitrogen and oxygen atoms in total. The Morgan fingerprint density at radius 3 is 2.43 bits per heavy atom. The quantitative estimate of drug-likeness (QED) is 0.911. The Bertz CT molecular complexity index is 776. The molecule has 0 amide bonds. The van der Waals surface area contributed by atoms with E-state index in [1.807, 2.05) is 0 Å². The predicted molar refractivity (Wildman–Crippen MR) is 74.3 cm³/mol. The van der Waals surface area contributed by atoms with Gasteiger partial charge in [-0.2, -0.15) is 0 Å². The Balaban J connectivity index is 2.40. The van der Waals surface area contributed by atoms with E-state index in [1.54, 1.807) is 0 Å². The maximum atomic E-state index is 13.7. The topological polar surface area (TPSA) is 66.4 Å². The minimum Gasteiger partial charge on any atom is -0.392 e. The number of anilines is 1. The van der Waals surface area contributed by atoms with Crippen LogP contribution in [0, 0.1) is 18.6 Å². The molecule has 0 spiro atoms. The fraction of sp³-hybridized carbons (Fsp3) is 0.143. The molecule has 2 N–H and O–H groups in total. The lowest BCUT2D eigenvalue weighted by atomic mass is 10.2. The molecule has 0 heterocycles. The molecule has 0 aliphatic carbocycles. The van der Waals surface area contributed by atoms with Crippen molar-refractivity contribution in [1.29, 1.82) is 0 Å².